The Kier molecular flexibility index (Phi) is 10.9. The molecule has 42 heavy (non-hydrogen) atoms. The molecule has 0 unspecified atom stereocenters. The van der Waals surface area contributed by atoms with Gasteiger partial charge < -0.3 is 14.8 Å². The van der Waals surface area contributed by atoms with Crippen LogP contribution in [0, 0.1) is 3.57 Å². The number of rotatable bonds is 6. The van der Waals surface area contributed by atoms with Crippen molar-refractivity contribution in [1.82, 2.24) is 4.90 Å². The van der Waals surface area contributed by atoms with E-state index in [0.29, 0.717) is 5.56 Å². The third-order valence-corrected chi connectivity index (χ3v) is 8.79. The van der Waals surface area contributed by atoms with E-state index in [1.807, 2.05) is 36.4 Å². The van der Waals surface area contributed by atoms with E-state index in [4.69, 9.17) is 5.73 Å². The maximum absolute atomic E-state index is 13.4. The van der Waals surface area contributed by atoms with Gasteiger partial charge in [0.2, 0.25) is 0 Å². The average Bonchev–Trinajstić information content (AvgIpc) is 2.89. The van der Waals surface area contributed by atoms with E-state index in [2.05, 4.69) is 22.6 Å². The Morgan fingerprint density at radius 3 is 1.76 bits per heavy atom. The number of anilines is 1. The molecule has 4 aromatic rings. The molecule has 1 aliphatic rings. The van der Waals surface area contributed by atoms with Gasteiger partial charge in [-0.25, -0.2) is 16.8 Å². The number of carbonyl (C=O) groups is 2. The Morgan fingerprint density at radius 1 is 0.762 bits per heavy atom. The van der Waals surface area contributed by atoms with Gasteiger partial charge in [0.1, 0.15) is 20.2 Å². The molecule has 0 saturated carbocycles. The van der Waals surface area contributed by atoms with Gasteiger partial charge >= 0.3 is 59.1 Å². The first-order chi connectivity index (χ1) is 18.7. The van der Waals surface area contributed by atoms with Crippen LogP contribution in [0.5, 0.6) is 0 Å². The maximum Gasteiger partial charge on any atom is 1.00 e. The van der Waals surface area contributed by atoms with Gasteiger partial charge in [0, 0.05) is 19.9 Å². The zero-order chi connectivity index (χ0) is 29.0. The third-order valence-electron chi connectivity index (χ3n) is 6.38. The molecular weight excluding hydrogens is 717 g/mol. The van der Waals surface area contributed by atoms with E-state index in [-0.39, 0.29) is 87.6 Å². The fourth-order valence-corrected chi connectivity index (χ4v) is 5.96. The number of halogens is 1. The summed E-state index contributed by atoms with van der Waals surface area (Å²) < 4.78 is 72.1. The van der Waals surface area contributed by atoms with Crippen LogP contribution in [0.2, 0.25) is 0 Å². The van der Waals surface area contributed by atoms with E-state index < -0.39 is 47.5 Å². The number of hydrogen-bond donors (Lipinski definition) is 1. The average molecular weight is 734 g/mol. The summed E-state index contributed by atoms with van der Waals surface area (Å²) in [5.41, 5.74) is 6.90. The monoisotopic (exact) mass is 734 g/mol. The second kappa shape index (κ2) is 13.2. The molecule has 0 spiro atoms. The van der Waals surface area contributed by atoms with E-state index in [9.17, 15) is 35.5 Å². The minimum absolute atomic E-state index is 0. The summed E-state index contributed by atoms with van der Waals surface area (Å²) in [6.45, 7) is -0.252. The molecule has 2 amide bonds. The molecule has 1 aliphatic heterocycles. The first-order valence-electron chi connectivity index (χ1n) is 11.4. The normalized spacial score (nSPS) is 13.3. The number of benzene rings is 4. The van der Waals surface area contributed by atoms with Crippen LogP contribution in [0.4, 0.5) is 5.69 Å². The molecule has 4 aromatic carbocycles. The van der Waals surface area contributed by atoms with Gasteiger partial charge in [0.05, 0.1) is 27.6 Å². The van der Waals surface area contributed by atoms with Gasteiger partial charge in [-0.05, 0) is 69.6 Å². The van der Waals surface area contributed by atoms with Gasteiger partial charge in [-0.1, -0.05) is 48.6 Å². The van der Waals surface area contributed by atoms with Crippen molar-refractivity contribution >= 4 is 83.3 Å². The number of nitrogens with two attached hydrogens (primary N) is 1. The fourth-order valence-electron chi connectivity index (χ4n) is 4.43. The van der Waals surface area contributed by atoms with Crippen LogP contribution < -0.4 is 64.8 Å². The molecule has 0 aromatic heterocycles. The molecule has 0 radical (unpaired) electrons. The standard InChI is InChI=1S/C27H19IN2O8S2.2Na/c28-18-9-7-16(8-10-18)2-1-15-3-5-17(6-4-15)14-30-26(31)21-12-19(39(33,34)35)11-20-24(21)22(27(30)32)13-23(25(20)29)40(36,37)38;;/h1-13H,14,29H2,(H,33,34,35)(H,36,37,38);;/q;2*+1/p-2/b2-1+;;. The van der Waals surface area contributed by atoms with Crippen LogP contribution in [0.15, 0.2) is 76.5 Å². The minimum Gasteiger partial charge on any atom is -0.744 e. The molecule has 204 valence electrons. The second-order valence-electron chi connectivity index (χ2n) is 8.96. The van der Waals surface area contributed by atoms with Gasteiger partial charge in [-0.2, -0.15) is 0 Å². The molecule has 2 N–H and O–H groups in total. The van der Waals surface area contributed by atoms with Crippen LogP contribution in [0.1, 0.15) is 37.4 Å². The van der Waals surface area contributed by atoms with E-state index in [0.717, 1.165) is 37.8 Å². The number of amides is 2. The van der Waals surface area contributed by atoms with Crippen LogP contribution in [-0.4, -0.2) is 42.7 Å². The van der Waals surface area contributed by atoms with Gasteiger partial charge in [0.25, 0.3) is 11.8 Å². The summed E-state index contributed by atoms with van der Waals surface area (Å²) in [5.74, 6) is -1.82. The summed E-state index contributed by atoms with van der Waals surface area (Å²) in [6, 6.07) is 17.2. The zero-order valence-electron chi connectivity index (χ0n) is 22.2. The van der Waals surface area contributed by atoms with Gasteiger partial charge in [0.15, 0.2) is 0 Å². The van der Waals surface area contributed by atoms with Crippen molar-refractivity contribution < 1.29 is 94.6 Å². The van der Waals surface area contributed by atoms with Crippen LogP contribution >= 0.6 is 22.6 Å². The number of nitrogens with zero attached hydrogens (tertiary/aromatic N) is 1. The number of imide groups is 1. The molecule has 0 bridgehead atoms. The van der Waals surface area contributed by atoms with Crippen molar-refractivity contribution in [1.29, 1.82) is 0 Å². The molecule has 0 fully saturated rings. The van der Waals surface area contributed by atoms with Crippen LogP contribution in [-0.2, 0) is 26.8 Å². The van der Waals surface area contributed by atoms with E-state index >= 15 is 0 Å². The summed E-state index contributed by atoms with van der Waals surface area (Å²) >= 11 is 2.22. The molecule has 0 aliphatic carbocycles. The molecule has 5 rings (SSSR count). The predicted molar refractivity (Wildman–Crippen MR) is 153 cm³/mol. The predicted octanol–water partition coefficient (Wildman–Crippen LogP) is -2.19. The Morgan fingerprint density at radius 2 is 1.26 bits per heavy atom. The van der Waals surface area contributed by atoms with E-state index in [1.165, 1.54) is 0 Å². The largest absolute Gasteiger partial charge is 1.00 e. The quantitative estimate of drug-likeness (QED) is 0.0576. The molecule has 1 heterocycles. The fraction of sp³-hybridized carbons (Fsp3) is 0.0370. The zero-order valence-corrected chi connectivity index (χ0v) is 30.0. The van der Waals surface area contributed by atoms with Crippen LogP contribution in [0.25, 0.3) is 22.9 Å². The Balaban J connectivity index is 0.00000242. The van der Waals surface area contributed by atoms with Gasteiger partial charge in [-0.15, -0.1) is 0 Å². The van der Waals surface area contributed by atoms with Crippen molar-refractivity contribution in [3.8, 4) is 0 Å². The van der Waals surface area contributed by atoms with Gasteiger partial charge in [-0.3, -0.25) is 14.5 Å². The SMILES string of the molecule is Nc1c(S(=O)(=O)[O-])cc2c3c(cc(S(=O)(=O)[O-])cc13)C(=O)N(Cc1ccc(/C=C/c3ccc(I)cc3)cc1)C2=O.[Na+].[Na+]. The summed E-state index contributed by atoms with van der Waals surface area (Å²) in [4.78, 5) is 25.8. The van der Waals surface area contributed by atoms with Crippen molar-refractivity contribution in [2.45, 2.75) is 16.3 Å². The van der Waals surface area contributed by atoms with Crippen molar-refractivity contribution in [3.63, 3.8) is 0 Å². The first-order valence-corrected chi connectivity index (χ1v) is 15.3. The van der Waals surface area contributed by atoms with Crippen LogP contribution in [0.3, 0.4) is 0 Å². The third kappa shape index (κ3) is 7.02. The summed E-state index contributed by atoms with van der Waals surface area (Å²) in [7, 11) is -10.3. The summed E-state index contributed by atoms with van der Waals surface area (Å²) in [6.07, 6.45) is 3.82. The molecular formula is C27H17IN2Na2O8S2. The van der Waals surface area contributed by atoms with Crippen molar-refractivity contribution in [2.24, 2.45) is 0 Å². The number of nitrogen functional groups attached to an aromatic ring is 1. The molecule has 10 nitrogen and oxygen atoms in total. The Bertz CT molecular complexity index is 1960. The number of carbonyl (C=O) groups excluding carboxylic acids is 2. The smallest absolute Gasteiger partial charge is 0.744 e. The number of hydrogen-bond acceptors (Lipinski definition) is 9. The minimum atomic E-state index is -5.21. The molecule has 0 atom stereocenters. The second-order valence-corrected chi connectivity index (χ2v) is 12.9. The summed E-state index contributed by atoms with van der Waals surface area (Å²) in [5, 5.41) is -0.510. The van der Waals surface area contributed by atoms with E-state index in [1.54, 1.807) is 24.3 Å². The first kappa shape index (κ1) is 34.9. The Hall–Kier alpha value is -1.63. The molecule has 0 saturated heterocycles. The van der Waals surface area contributed by atoms with Crippen molar-refractivity contribution in [3.05, 3.63) is 98.1 Å². The molecule has 15 heteroatoms. The van der Waals surface area contributed by atoms with Crippen molar-refractivity contribution in [2.75, 3.05) is 5.73 Å². The topological polar surface area (TPSA) is 178 Å². The Labute approximate surface area is 299 Å². The maximum atomic E-state index is 13.4.